The van der Waals surface area contributed by atoms with Gasteiger partial charge >= 0.3 is 0 Å². The molecule has 0 radical (unpaired) electrons. The fourth-order valence-electron chi connectivity index (χ4n) is 2.79. The highest BCUT2D eigenvalue weighted by atomic mass is 19.2. The second-order valence-electron chi connectivity index (χ2n) is 5.83. The van der Waals surface area contributed by atoms with Gasteiger partial charge in [0.2, 0.25) is 0 Å². The predicted molar refractivity (Wildman–Crippen MR) is 96.7 cm³/mol. The van der Waals surface area contributed by atoms with Crippen LogP contribution >= 0.6 is 0 Å². The molecule has 1 N–H and O–H groups in total. The molecule has 26 heavy (non-hydrogen) atoms. The average Bonchev–Trinajstić information content (AvgIpc) is 2.93. The summed E-state index contributed by atoms with van der Waals surface area (Å²) in [5.41, 5.74) is 5.93. The number of aromatic nitrogens is 1. The summed E-state index contributed by atoms with van der Waals surface area (Å²) in [5.74, 6) is -2.27. The molecule has 0 aliphatic heterocycles. The van der Waals surface area contributed by atoms with Crippen LogP contribution < -0.4 is 5.43 Å². The maximum Gasteiger partial charge on any atom is 0.273 e. The third-order valence-corrected chi connectivity index (χ3v) is 4.01. The van der Waals surface area contributed by atoms with Gasteiger partial charge in [0.05, 0.1) is 11.8 Å². The van der Waals surface area contributed by atoms with Crippen molar-refractivity contribution in [2.45, 2.75) is 13.8 Å². The molecular weight excluding hydrogens is 336 g/mol. The van der Waals surface area contributed by atoms with E-state index < -0.39 is 11.6 Å². The van der Waals surface area contributed by atoms with Gasteiger partial charge in [-0.05, 0) is 49.7 Å². The number of amides is 1. The molecule has 0 aliphatic carbocycles. The normalized spacial score (nSPS) is 11.1. The summed E-state index contributed by atoms with van der Waals surface area (Å²) in [6.07, 6.45) is 1.26. The lowest BCUT2D eigenvalue weighted by Crippen LogP contribution is -2.18. The molecule has 0 saturated carbocycles. The second kappa shape index (κ2) is 7.31. The first-order chi connectivity index (χ1) is 12.5. The van der Waals surface area contributed by atoms with E-state index in [-0.39, 0.29) is 5.91 Å². The van der Waals surface area contributed by atoms with Gasteiger partial charge in [-0.15, -0.1) is 0 Å². The van der Waals surface area contributed by atoms with Gasteiger partial charge in [-0.25, -0.2) is 14.2 Å². The number of nitrogens with one attached hydrogen (secondary N) is 1. The number of hydrogen-bond donors (Lipinski definition) is 1. The average molecular weight is 353 g/mol. The van der Waals surface area contributed by atoms with E-state index in [1.807, 2.05) is 48.7 Å². The Bertz CT molecular complexity index is 978. The molecule has 0 bridgehead atoms. The van der Waals surface area contributed by atoms with Crippen molar-refractivity contribution in [3.05, 3.63) is 88.7 Å². The molecule has 3 aromatic rings. The maximum atomic E-state index is 13.2. The Hall–Kier alpha value is -3.28. The zero-order valence-corrected chi connectivity index (χ0v) is 14.3. The zero-order valence-electron chi connectivity index (χ0n) is 14.3. The number of nitrogens with zero attached hydrogens (tertiary/aromatic N) is 2. The molecule has 0 saturated heterocycles. The van der Waals surface area contributed by atoms with Gasteiger partial charge in [-0.2, -0.15) is 5.10 Å². The number of benzene rings is 2. The van der Waals surface area contributed by atoms with Gasteiger partial charge in [0, 0.05) is 17.1 Å². The summed E-state index contributed by atoms with van der Waals surface area (Å²) < 4.78 is 28.0. The zero-order chi connectivity index (χ0) is 18.7. The van der Waals surface area contributed by atoms with E-state index in [1.165, 1.54) is 12.3 Å². The molecule has 0 fully saturated rings. The van der Waals surface area contributed by atoms with Crippen LogP contribution in [0.2, 0.25) is 0 Å². The van der Waals surface area contributed by atoms with Crippen LogP contribution in [0.1, 0.15) is 27.3 Å². The van der Waals surface area contributed by atoms with Crippen molar-refractivity contribution in [1.29, 1.82) is 0 Å². The highest BCUT2D eigenvalue weighted by Gasteiger charge is 2.16. The SMILES string of the molecule is Cc1cc(C(=O)N/N=C/c2ccc(F)c(F)c2)c(C)n1-c1ccccc1. The summed E-state index contributed by atoms with van der Waals surface area (Å²) in [6.45, 7) is 3.77. The van der Waals surface area contributed by atoms with E-state index in [0.29, 0.717) is 11.1 Å². The van der Waals surface area contributed by atoms with Crippen LogP contribution in [0.3, 0.4) is 0 Å². The van der Waals surface area contributed by atoms with Gasteiger partial charge in [0.15, 0.2) is 11.6 Å². The molecule has 2 aromatic carbocycles. The van der Waals surface area contributed by atoms with Crippen molar-refractivity contribution in [3.63, 3.8) is 0 Å². The van der Waals surface area contributed by atoms with Gasteiger partial charge in [0.25, 0.3) is 5.91 Å². The molecule has 4 nitrogen and oxygen atoms in total. The number of halogens is 2. The number of para-hydroxylation sites is 1. The number of carbonyl (C=O) groups is 1. The molecule has 3 rings (SSSR count). The molecule has 1 amide bonds. The lowest BCUT2D eigenvalue weighted by atomic mass is 10.2. The van der Waals surface area contributed by atoms with E-state index >= 15 is 0 Å². The third kappa shape index (κ3) is 3.54. The van der Waals surface area contributed by atoms with Crippen molar-refractivity contribution in [1.82, 2.24) is 9.99 Å². The Morgan fingerprint density at radius 3 is 2.46 bits per heavy atom. The van der Waals surface area contributed by atoms with Crippen LogP contribution in [0.5, 0.6) is 0 Å². The monoisotopic (exact) mass is 353 g/mol. The lowest BCUT2D eigenvalue weighted by Gasteiger charge is -2.09. The number of aryl methyl sites for hydroxylation is 1. The number of carbonyl (C=O) groups excluding carboxylic acids is 1. The lowest BCUT2D eigenvalue weighted by molar-refractivity contribution is 0.0954. The Labute approximate surface area is 149 Å². The van der Waals surface area contributed by atoms with Crippen LogP contribution in [0.15, 0.2) is 59.7 Å². The van der Waals surface area contributed by atoms with Crippen molar-refractivity contribution < 1.29 is 13.6 Å². The minimum atomic E-state index is -0.966. The first-order valence-electron chi connectivity index (χ1n) is 8.00. The summed E-state index contributed by atoms with van der Waals surface area (Å²) in [7, 11) is 0. The number of hydrogen-bond acceptors (Lipinski definition) is 2. The maximum absolute atomic E-state index is 13.2. The van der Waals surface area contributed by atoms with Crippen LogP contribution in [-0.4, -0.2) is 16.7 Å². The minimum absolute atomic E-state index is 0.346. The van der Waals surface area contributed by atoms with Crippen molar-refractivity contribution in [2.75, 3.05) is 0 Å². The molecule has 1 heterocycles. The highest BCUT2D eigenvalue weighted by Crippen LogP contribution is 2.20. The quantitative estimate of drug-likeness (QED) is 0.556. The van der Waals surface area contributed by atoms with E-state index in [1.54, 1.807) is 6.07 Å². The van der Waals surface area contributed by atoms with E-state index in [9.17, 15) is 13.6 Å². The van der Waals surface area contributed by atoms with Crippen LogP contribution in [0.4, 0.5) is 8.78 Å². The molecule has 0 spiro atoms. The Morgan fingerprint density at radius 1 is 1.04 bits per heavy atom. The van der Waals surface area contributed by atoms with Crippen LogP contribution in [-0.2, 0) is 0 Å². The summed E-state index contributed by atoms with van der Waals surface area (Å²) in [4.78, 5) is 12.4. The fourth-order valence-corrected chi connectivity index (χ4v) is 2.79. The summed E-state index contributed by atoms with van der Waals surface area (Å²) >= 11 is 0. The summed E-state index contributed by atoms with van der Waals surface area (Å²) in [6, 6.07) is 14.9. The van der Waals surface area contributed by atoms with Crippen molar-refractivity contribution >= 4 is 12.1 Å². The minimum Gasteiger partial charge on any atom is -0.318 e. The highest BCUT2D eigenvalue weighted by molar-refractivity contribution is 5.96. The molecule has 6 heteroatoms. The van der Waals surface area contributed by atoms with Crippen molar-refractivity contribution in [2.24, 2.45) is 5.10 Å². The fraction of sp³-hybridized carbons (Fsp3) is 0.100. The first kappa shape index (κ1) is 17.5. The largest absolute Gasteiger partial charge is 0.318 e. The number of rotatable bonds is 4. The Kier molecular flexibility index (Phi) is 4.93. The van der Waals surface area contributed by atoms with E-state index in [2.05, 4.69) is 10.5 Å². The molecule has 0 atom stereocenters. The molecule has 0 aliphatic rings. The van der Waals surface area contributed by atoms with Gasteiger partial charge in [0.1, 0.15) is 0 Å². The van der Waals surface area contributed by atoms with Crippen LogP contribution in [0, 0.1) is 25.5 Å². The van der Waals surface area contributed by atoms with E-state index in [4.69, 9.17) is 0 Å². The Morgan fingerprint density at radius 2 is 1.77 bits per heavy atom. The van der Waals surface area contributed by atoms with E-state index in [0.717, 1.165) is 29.2 Å². The molecule has 0 unspecified atom stereocenters. The predicted octanol–water partition coefficient (Wildman–Crippen LogP) is 4.14. The number of hydrazone groups is 1. The third-order valence-electron chi connectivity index (χ3n) is 4.01. The Balaban J connectivity index is 1.78. The summed E-state index contributed by atoms with van der Waals surface area (Å²) in [5, 5.41) is 3.82. The standard InChI is InChI=1S/C20H17F2N3O/c1-13-10-17(14(2)25(13)16-6-4-3-5-7-16)20(26)24-23-12-15-8-9-18(21)19(22)11-15/h3-12H,1-2H3,(H,24,26)/b23-12+. The topological polar surface area (TPSA) is 46.4 Å². The van der Waals surface area contributed by atoms with Gasteiger partial charge < -0.3 is 4.57 Å². The molecular formula is C20H17F2N3O. The van der Waals surface area contributed by atoms with Crippen molar-refractivity contribution in [3.8, 4) is 5.69 Å². The van der Waals surface area contributed by atoms with Crippen LogP contribution in [0.25, 0.3) is 5.69 Å². The molecule has 132 valence electrons. The second-order valence-corrected chi connectivity index (χ2v) is 5.83. The van der Waals surface area contributed by atoms with Gasteiger partial charge in [-0.1, -0.05) is 24.3 Å². The first-order valence-corrected chi connectivity index (χ1v) is 8.00. The smallest absolute Gasteiger partial charge is 0.273 e. The van der Waals surface area contributed by atoms with Gasteiger partial charge in [-0.3, -0.25) is 4.79 Å². The molecule has 1 aromatic heterocycles.